The van der Waals surface area contributed by atoms with E-state index >= 15 is 0 Å². The first kappa shape index (κ1) is 32.7. The molecule has 12 nitrogen and oxygen atoms in total. The van der Waals surface area contributed by atoms with Crippen LogP contribution >= 0.6 is 0 Å². The number of aliphatic hydroxyl groups is 2. The standard InChI is InChI=1S/C33H31F3N6O6/c1-19-16-41(18-37-19)25-11-10-24(38-29(25)46-3)28-39-40-31-33(12-7-13-42(28)31,48-21-14-22(34)26(36)23(35)15-21)32(2,45)17-47-30(44)27(43)20-8-5-4-6-9-20/h4-6,8-11,14-16,18,27,43,45H,7,12-13,17H2,1-3H3/t27-,32?,33+/m1/s1. The lowest BCUT2D eigenvalue weighted by molar-refractivity contribution is -0.190. The number of hydrogen-bond donors (Lipinski definition) is 2. The van der Waals surface area contributed by atoms with E-state index in [4.69, 9.17) is 14.2 Å². The monoisotopic (exact) mass is 664 g/mol. The zero-order valence-corrected chi connectivity index (χ0v) is 26.1. The summed E-state index contributed by atoms with van der Waals surface area (Å²) in [5.41, 5.74) is -2.10. The number of ether oxygens (including phenoxy) is 3. The molecule has 0 radical (unpaired) electrons. The largest absolute Gasteiger partial charge is 0.479 e. The Balaban J connectivity index is 1.40. The fraction of sp³-hybridized carbons (Fsp3) is 0.303. The summed E-state index contributed by atoms with van der Waals surface area (Å²) in [5, 5.41) is 31.3. The van der Waals surface area contributed by atoms with E-state index in [0.717, 1.165) is 5.69 Å². The van der Waals surface area contributed by atoms with Crippen molar-refractivity contribution in [1.82, 2.24) is 29.3 Å². The molecule has 0 aliphatic carbocycles. The minimum absolute atomic E-state index is 0.00715. The van der Waals surface area contributed by atoms with Crippen molar-refractivity contribution in [3.63, 3.8) is 0 Å². The molecule has 2 N–H and O–H groups in total. The maximum Gasteiger partial charge on any atom is 0.339 e. The number of esters is 1. The topological polar surface area (TPSA) is 147 Å². The SMILES string of the molecule is COc1nc(-c2nnc3n2CCC[C@@]3(Oc2cc(F)c(F)c(F)c2)C(C)(O)COC(=O)[C@H](O)c2ccccc2)ccc1-n1cnc(C)c1. The number of fused-ring (bicyclic) bond motifs is 1. The molecule has 15 heteroatoms. The van der Waals surface area contributed by atoms with Crippen LogP contribution in [-0.2, 0) is 21.7 Å². The molecule has 1 unspecified atom stereocenters. The molecular formula is C33H31F3N6O6. The van der Waals surface area contributed by atoms with Crippen LogP contribution in [0.4, 0.5) is 13.2 Å². The first-order valence-electron chi connectivity index (χ1n) is 14.9. The summed E-state index contributed by atoms with van der Waals surface area (Å²) in [7, 11) is 1.46. The van der Waals surface area contributed by atoms with Gasteiger partial charge in [0.05, 0.1) is 19.1 Å². The van der Waals surface area contributed by atoms with E-state index in [2.05, 4.69) is 20.2 Å². The lowest BCUT2D eigenvalue weighted by Crippen LogP contribution is -2.59. The highest BCUT2D eigenvalue weighted by Crippen LogP contribution is 2.45. The van der Waals surface area contributed by atoms with Crippen molar-refractivity contribution in [2.24, 2.45) is 0 Å². The molecule has 1 aliphatic rings. The van der Waals surface area contributed by atoms with Crippen molar-refractivity contribution in [1.29, 1.82) is 0 Å². The lowest BCUT2D eigenvalue weighted by Gasteiger charge is -2.46. The van der Waals surface area contributed by atoms with Crippen LogP contribution in [0.25, 0.3) is 17.2 Å². The molecule has 6 rings (SSSR count). The molecule has 0 fully saturated rings. The summed E-state index contributed by atoms with van der Waals surface area (Å²) in [4.78, 5) is 21.7. The number of pyridine rings is 1. The van der Waals surface area contributed by atoms with Crippen molar-refractivity contribution >= 4 is 5.97 Å². The quantitative estimate of drug-likeness (QED) is 0.163. The highest BCUT2D eigenvalue weighted by atomic mass is 19.2. The number of carbonyl (C=O) groups is 1. The molecule has 250 valence electrons. The number of halogens is 3. The fourth-order valence-electron chi connectivity index (χ4n) is 5.75. The Morgan fingerprint density at radius 3 is 2.50 bits per heavy atom. The van der Waals surface area contributed by atoms with E-state index in [1.165, 1.54) is 26.2 Å². The van der Waals surface area contributed by atoms with Crippen LogP contribution in [0.1, 0.15) is 43.0 Å². The van der Waals surface area contributed by atoms with E-state index in [9.17, 15) is 28.2 Å². The molecule has 0 saturated carbocycles. The average molecular weight is 665 g/mol. The van der Waals surface area contributed by atoms with Crippen molar-refractivity contribution < 1.29 is 42.4 Å². The molecular weight excluding hydrogens is 633 g/mol. The summed E-state index contributed by atoms with van der Waals surface area (Å²) >= 11 is 0. The average Bonchev–Trinajstić information content (AvgIpc) is 3.73. The lowest BCUT2D eigenvalue weighted by atomic mass is 9.78. The summed E-state index contributed by atoms with van der Waals surface area (Å²) in [6, 6.07) is 12.8. The number of rotatable bonds is 10. The van der Waals surface area contributed by atoms with Gasteiger partial charge in [-0.25, -0.2) is 27.9 Å². The highest BCUT2D eigenvalue weighted by Gasteiger charge is 2.57. The van der Waals surface area contributed by atoms with Crippen molar-refractivity contribution in [3.8, 4) is 28.8 Å². The van der Waals surface area contributed by atoms with Gasteiger partial charge in [-0.15, -0.1) is 10.2 Å². The molecule has 0 saturated heterocycles. The molecule has 5 aromatic rings. The van der Waals surface area contributed by atoms with Gasteiger partial charge in [-0.3, -0.25) is 0 Å². The number of aliphatic hydroxyl groups excluding tert-OH is 1. The number of hydrogen-bond acceptors (Lipinski definition) is 10. The van der Waals surface area contributed by atoms with Crippen LogP contribution in [0.5, 0.6) is 11.6 Å². The minimum atomic E-state index is -2.16. The van der Waals surface area contributed by atoms with Gasteiger partial charge in [-0.2, -0.15) is 0 Å². The molecule has 2 aromatic carbocycles. The molecule has 0 amide bonds. The van der Waals surface area contributed by atoms with E-state index in [-0.39, 0.29) is 29.5 Å². The molecule has 0 bridgehead atoms. The van der Waals surface area contributed by atoms with Gasteiger partial charge in [0, 0.05) is 24.9 Å². The Kier molecular flexibility index (Phi) is 8.66. The minimum Gasteiger partial charge on any atom is -0.479 e. The number of imidazole rings is 1. The molecule has 0 spiro atoms. The van der Waals surface area contributed by atoms with Gasteiger partial charge in [0.2, 0.25) is 5.88 Å². The first-order valence-corrected chi connectivity index (χ1v) is 14.9. The number of aromatic nitrogens is 6. The zero-order chi connectivity index (χ0) is 34.2. The predicted molar refractivity (Wildman–Crippen MR) is 163 cm³/mol. The van der Waals surface area contributed by atoms with Crippen molar-refractivity contribution in [2.75, 3.05) is 13.7 Å². The summed E-state index contributed by atoms with van der Waals surface area (Å²) in [6.07, 6.45) is 2.10. The molecule has 48 heavy (non-hydrogen) atoms. The van der Waals surface area contributed by atoms with Crippen molar-refractivity contribution in [3.05, 3.63) is 102 Å². The van der Waals surface area contributed by atoms with Gasteiger partial charge in [-0.05, 0) is 44.4 Å². The molecule has 3 atom stereocenters. The van der Waals surface area contributed by atoms with Crippen LogP contribution in [-0.4, -0.2) is 64.8 Å². The van der Waals surface area contributed by atoms with E-state index in [1.54, 1.807) is 52.0 Å². The summed E-state index contributed by atoms with van der Waals surface area (Å²) in [6.45, 7) is 2.72. The van der Waals surface area contributed by atoms with Gasteiger partial charge in [0.1, 0.15) is 29.3 Å². The normalized spacial score (nSPS) is 17.7. The Morgan fingerprint density at radius 1 is 1.10 bits per heavy atom. The van der Waals surface area contributed by atoms with Crippen LogP contribution in [0, 0.1) is 24.4 Å². The third-order valence-corrected chi connectivity index (χ3v) is 8.23. The molecule has 3 aromatic heterocycles. The first-order chi connectivity index (χ1) is 22.9. The van der Waals surface area contributed by atoms with Crippen LogP contribution in [0.3, 0.4) is 0 Å². The number of nitrogens with zero attached hydrogens (tertiary/aromatic N) is 6. The molecule has 1 aliphatic heterocycles. The third kappa shape index (κ3) is 5.86. The Labute approximate surface area is 272 Å². The number of benzene rings is 2. The fourth-order valence-corrected chi connectivity index (χ4v) is 5.75. The van der Waals surface area contributed by atoms with Crippen LogP contribution in [0.2, 0.25) is 0 Å². The van der Waals surface area contributed by atoms with Gasteiger partial charge >= 0.3 is 5.97 Å². The second kappa shape index (κ2) is 12.7. The van der Waals surface area contributed by atoms with Gasteiger partial charge in [-0.1, -0.05) is 30.3 Å². The Morgan fingerprint density at radius 2 is 1.83 bits per heavy atom. The second-order valence-electron chi connectivity index (χ2n) is 11.6. The predicted octanol–water partition coefficient (Wildman–Crippen LogP) is 4.36. The summed E-state index contributed by atoms with van der Waals surface area (Å²) in [5.74, 6) is -5.71. The maximum atomic E-state index is 14.4. The van der Waals surface area contributed by atoms with E-state index in [0.29, 0.717) is 36.5 Å². The summed E-state index contributed by atoms with van der Waals surface area (Å²) < 4.78 is 63.1. The molecule has 4 heterocycles. The second-order valence-corrected chi connectivity index (χ2v) is 11.6. The van der Waals surface area contributed by atoms with Crippen LogP contribution < -0.4 is 9.47 Å². The van der Waals surface area contributed by atoms with Gasteiger partial charge in [0.25, 0.3) is 0 Å². The maximum absolute atomic E-state index is 14.4. The van der Waals surface area contributed by atoms with E-state index in [1.807, 2.05) is 6.92 Å². The number of carbonyl (C=O) groups excluding carboxylic acids is 1. The van der Waals surface area contributed by atoms with Gasteiger partial charge in [0.15, 0.2) is 40.8 Å². The highest BCUT2D eigenvalue weighted by molar-refractivity contribution is 5.76. The van der Waals surface area contributed by atoms with E-state index < -0.39 is 53.1 Å². The van der Waals surface area contributed by atoms with Crippen molar-refractivity contribution in [2.45, 2.75) is 50.5 Å². The van der Waals surface area contributed by atoms with Gasteiger partial charge < -0.3 is 33.6 Å². The number of methoxy groups -OCH3 is 1. The zero-order valence-electron chi connectivity index (χ0n) is 26.1. The Bertz CT molecular complexity index is 1940. The number of aryl methyl sites for hydroxylation is 1. The third-order valence-electron chi connectivity index (χ3n) is 8.23. The smallest absolute Gasteiger partial charge is 0.339 e. The van der Waals surface area contributed by atoms with Crippen LogP contribution in [0.15, 0.2) is 67.1 Å². The Hall–Kier alpha value is -5.28.